The molecule has 2 aliphatic heterocycles. The zero-order valence-corrected chi connectivity index (χ0v) is 13.7. The van der Waals surface area contributed by atoms with Crippen LogP contribution in [-0.2, 0) is 6.42 Å². The first-order valence-electron chi connectivity index (χ1n) is 8.41. The molecule has 6 heteroatoms. The van der Waals surface area contributed by atoms with Gasteiger partial charge in [-0.3, -0.25) is 0 Å². The van der Waals surface area contributed by atoms with Crippen LogP contribution >= 0.6 is 0 Å². The molecule has 2 aromatic rings. The highest BCUT2D eigenvalue weighted by molar-refractivity contribution is 5.90. The molecule has 25 heavy (non-hydrogen) atoms. The third-order valence-corrected chi connectivity index (χ3v) is 4.62. The highest BCUT2D eigenvalue weighted by Gasteiger charge is 2.29. The fourth-order valence-corrected chi connectivity index (χ4v) is 3.42. The van der Waals surface area contributed by atoms with Crippen LogP contribution in [0, 0.1) is 5.82 Å². The number of benzene rings is 2. The lowest BCUT2D eigenvalue weighted by molar-refractivity contribution is 0.174. The Morgan fingerprint density at radius 2 is 2.08 bits per heavy atom. The van der Waals surface area contributed by atoms with Crippen LogP contribution in [0.5, 0.6) is 11.5 Å². The van der Waals surface area contributed by atoms with E-state index in [2.05, 4.69) is 5.32 Å². The molecule has 1 N–H and O–H groups in total. The molecule has 1 fully saturated rings. The molecule has 0 aromatic heterocycles. The molecule has 2 heterocycles. The van der Waals surface area contributed by atoms with Gasteiger partial charge >= 0.3 is 6.03 Å². The molecule has 0 radical (unpaired) electrons. The van der Waals surface area contributed by atoms with Gasteiger partial charge in [-0.1, -0.05) is 12.1 Å². The lowest BCUT2D eigenvalue weighted by Gasteiger charge is -2.25. The molecule has 4 rings (SSSR count). The minimum atomic E-state index is -0.244. The number of hydrogen-bond donors (Lipinski definition) is 1. The summed E-state index contributed by atoms with van der Waals surface area (Å²) in [6.45, 7) is 0.908. The molecule has 2 aromatic carbocycles. The van der Waals surface area contributed by atoms with Crippen LogP contribution in [0.1, 0.15) is 18.4 Å². The van der Waals surface area contributed by atoms with Crippen molar-refractivity contribution in [3.8, 4) is 11.5 Å². The van der Waals surface area contributed by atoms with Crippen molar-refractivity contribution in [1.29, 1.82) is 0 Å². The van der Waals surface area contributed by atoms with Gasteiger partial charge in [0, 0.05) is 24.3 Å². The van der Waals surface area contributed by atoms with Gasteiger partial charge in [-0.15, -0.1) is 0 Å². The first-order valence-corrected chi connectivity index (χ1v) is 8.41. The van der Waals surface area contributed by atoms with E-state index >= 15 is 0 Å². The van der Waals surface area contributed by atoms with Crippen molar-refractivity contribution in [2.24, 2.45) is 0 Å². The largest absolute Gasteiger partial charge is 0.454 e. The van der Waals surface area contributed by atoms with E-state index in [1.54, 1.807) is 24.3 Å². The van der Waals surface area contributed by atoms with E-state index in [1.807, 2.05) is 11.0 Å². The Bertz CT molecular complexity index is 796. The average Bonchev–Trinajstić information content (AvgIpc) is 3.23. The molecular weight excluding hydrogens is 323 g/mol. The fourth-order valence-electron chi connectivity index (χ4n) is 3.42. The Hall–Kier alpha value is -2.76. The molecule has 0 unspecified atom stereocenters. The van der Waals surface area contributed by atoms with E-state index in [0.29, 0.717) is 30.2 Å². The Morgan fingerprint density at radius 1 is 1.20 bits per heavy atom. The maximum atomic E-state index is 13.4. The Kier molecular flexibility index (Phi) is 4.17. The van der Waals surface area contributed by atoms with E-state index in [9.17, 15) is 9.18 Å². The van der Waals surface area contributed by atoms with Gasteiger partial charge in [0.1, 0.15) is 5.82 Å². The van der Waals surface area contributed by atoms with Crippen molar-refractivity contribution < 1.29 is 18.7 Å². The van der Waals surface area contributed by atoms with Crippen LogP contribution in [0.3, 0.4) is 0 Å². The standard InChI is InChI=1S/C19H19FN2O3/c20-14-4-1-3-13(9-14)10-16-5-2-8-22(16)19(23)21-15-6-7-17-18(11-15)25-12-24-17/h1,3-4,6-7,9,11,16H,2,5,8,10,12H2,(H,21,23)/t16-/m0/s1. The van der Waals surface area contributed by atoms with Crippen LogP contribution in [0.25, 0.3) is 0 Å². The molecule has 0 spiro atoms. The van der Waals surface area contributed by atoms with Gasteiger partial charge in [0.05, 0.1) is 0 Å². The van der Waals surface area contributed by atoms with Gasteiger partial charge in [-0.05, 0) is 49.1 Å². The molecule has 1 atom stereocenters. The fraction of sp³-hybridized carbons (Fsp3) is 0.316. The number of anilines is 1. The first-order chi connectivity index (χ1) is 12.2. The number of rotatable bonds is 3. The number of fused-ring (bicyclic) bond motifs is 1. The molecule has 0 bridgehead atoms. The van der Waals surface area contributed by atoms with Gasteiger partial charge in [-0.2, -0.15) is 0 Å². The number of halogens is 1. The topological polar surface area (TPSA) is 50.8 Å². The van der Waals surface area contributed by atoms with Crippen molar-refractivity contribution in [3.63, 3.8) is 0 Å². The summed E-state index contributed by atoms with van der Waals surface area (Å²) in [4.78, 5) is 14.5. The van der Waals surface area contributed by atoms with Gasteiger partial charge in [-0.25, -0.2) is 9.18 Å². The number of urea groups is 1. The SMILES string of the molecule is O=C(Nc1ccc2c(c1)OCO2)N1CCC[C@H]1Cc1cccc(F)c1. The van der Waals surface area contributed by atoms with Crippen molar-refractivity contribution in [2.45, 2.75) is 25.3 Å². The second-order valence-electron chi connectivity index (χ2n) is 6.32. The molecule has 130 valence electrons. The summed E-state index contributed by atoms with van der Waals surface area (Å²) in [5.41, 5.74) is 1.58. The quantitative estimate of drug-likeness (QED) is 0.923. The lowest BCUT2D eigenvalue weighted by Crippen LogP contribution is -2.39. The lowest BCUT2D eigenvalue weighted by atomic mass is 10.0. The monoisotopic (exact) mass is 342 g/mol. The molecule has 1 saturated heterocycles. The van der Waals surface area contributed by atoms with Crippen LogP contribution in [0.4, 0.5) is 14.9 Å². The minimum absolute atomic E-state index is 0.0795. The third kappa shape index (κ3) is 3.38. The molecular formula is C19H19FN2O3. The zero-order chi connectivity index (χ0) is 17.2. The van der Waals surface area contributed by atoms with Crippen LogP contribution in [-0.4, -0.2) is 30.3 Å². The van der Waals surface area contributed by atoms with E-state index in [4.69, 9.17) is 9.47 Å². The number of amides is 2. The van der Waals surface area contributed by atoms with Crippen LogP contribution in [0.15, 0.2) is 42.5 Å². The van der Waals surface area contributed by atoms with E-state index in [0.717, 1.165) is 18.4 Å². The third-order valence-electron chi connectivity index (χ3n) is 4.62. The molecule has 2 aliphatic rings. The molecule has 5 nitrogen and oxygen atoms in total. The van der Waals surface area contributed by atoms with E-state index in [-0.39, 0.29) is 24.7 Å². The number of likely N-dealkylation sites (tertiary alicyclic amines) is 1. The molecule has 0 aliphatic carbocycles. The van der Waals surface area contributed by atoms with Gasteiger partial charge in [0.15, 0.2) is 11.5 Å². The van der Waals surface area contributed by atoms with Crippen molar-refractivity contribution >= 4 is 11.7 Å². The van der Waals surface area contributed by atoms with Crippen molar-refractivity contribution in [1.82, 2.24) is 4.90 Å². The number of nitrogens with one attached hydrogen (secondary N) is 1. The predicted molar refractivity (Wildman–Crippen MR) is 91.4 cm³/mol. The highest BCUT2D eigenvalue weighted by Crippen LogP contribution is 2.34. The first kappa shape index (κ1) is 15.7. The van der Waals surface area contributed by atoms with E-state index < -0.39 is 0 Å². The summed E-state index contributed by atoms with van der Waals surface area (Å²) in [5, 5.41) is 2.92. The summed E-state index contributed by atoms with van der Waals surface area (Å²) in [5.74, 6) is 1.07. The van der Waals surface area contributed by atoms with Gasteiger partial charge < -0.3 is 19.7 Å². The summed E-state index contributed by atoms with van der Waals surface area (Å²) < 4.78 is 24.0. The van der Waals surface area contributed by atoms with Crippen molar-refractivity contribution in [2.75, 3.05) is 18.7 Å². The normalized spacial score (nSPS) is 18.4. The summed E-state index contributed by atoms with van der Waals surface area (Å²) >= 11 is 0. The highest BCUT2D eigenvalue weighted by atomic mass is 19.1. The van der Waals surface area contributed by atoms with Crippen molar-refractivity contribution in [3.05, 3.63) is 53.8 Å². The zero-order valence-electron chi connectivity index (χ0n) is 13.7. The second kappa shape index (κ2) is 6.63. The molecule has 2 amide bonds. The predicted octanol–water partition coefficient (Wildman–Crippen LogP) is 3.79. The maximum absolute atomic E-state index is 13.4. The number of carbonyl (C=O) groups is 1. The smallest absolute Gasteiger partial charge is 0.322 e. The van der Waals surface area contributed by atoms with Gasteiger partial charge in [0.25, 0.3) is 0 Å². The summed E-state index contributed by atoms with van der Waals surface area (Å²) in [6, 6.07) is 11.8. The van der Waals surface area contributed by atoms with Crippen LogP contribution in [0.2, 0.25) is 0 Å². The van der Waals surface area contributed by atoms with Gasteiger partial charge in [0.2, 0.25) is 6.79 Å². The number of carbonyl (C=O) groups excluding carboxylic acids is 1. The Balaban J connectivity index is 1.43. The number of hydrogen-bond acceptors (Lipinski definition) is 3. The average molecular weight is 342 g/mol. The van der Waals surface area contributed by atoms with E-state index in [1.165, 1.54) is 12.1 Å². The second-order valence-corrected chi connectivity index (χ2v) is 6.32. The number of nitrogens with zero attached hydrogens (tertiary/aromatic N) is 1. The minimum Gasteiger partial charge on any atom is -0.454 e. The summed E-state index contributed by atoms with van der Waals surface area (Å²) in [6.07, 6.45) is 2.53. The Labute approximate surface area is 145 Å². The number of ether oxygens (including phenoxy) is 2. The summed E-state index contributed by atoms with van der Waals surface area (Å²) in [7, 11) is 0. The van der Waals surface area contributed by atoms with Crippen LogP contribution < -0.4 is 14.8 Å². The Morgan fingerprint density at radius 3 is 2.96 bits per heavy atom. The maximum Gasteiger partial charge on any atom is 0.322 e. The molecule has 0 saturated carbocycles.